The van der Waals surface area contributed by atoms with Crippen LogP contribution in [0.3, 0.4) is 0 Å². The molecule has 0 aromatic heterocycles. The van der Waals surface area contributed by atoms with Gasteiger partial charge in [0, 0.05) is 0 Å². The molecule has 0 saturated carbocycles. The quantitative estimate of drug-likeness (QED) is 0.577. The van der Waals surface area contributed by atoms with Gasteiger partial charge < -0.3 is 14.6 Å². The number of ether oxygens (including phenoxy) is 2. The number of aliphatic hydroxyl groups is 1. The van der Waals surface area contributed by atoms with E-state index in [9.17, 15) is 41.0 Å². The fourth-order valence-corrected chi connectivity index (χ4v) is 1.67. The minimum absolute atomic E-state index is 0.252. The van der Waals surface area contributed by atoms with Gasteiger partial charge >= 0.3 is 24.3 Å². The average Bonchev–Trinajstić information content (AvgIpc) is 2.39. The second-order valence-electron chi connectivity index (χ2n) is 5.61. The van der Waals surface area contributed by atoms with Crippen LogP contribution >= 0.6 is 0 Å². The number of halogens is 6. The van der Waals surface area contributed by atoms with Gasteiger partial charge in [-0.15, -0.1) is 0 Å². The molecular formula is C13H18F6O5. The van der Waals surface area contributed by atoms with Crippen LogP contribution in [0, 0.1) is 5.92 Å². The summed E-state index contributed by atoms with van der Waals surface area (Å²) in [5, 5.41) is 9.23. The first kappa shape index (κ1) is 22.5. The normalized spacial score (nSPS) is 15.0. The molecule has 0 amide bonds. The molecule has 0 bridgehead atoms. The van der Waals surface area contributed by atoms with Crippen molar-refractivity contribution in [2.24, 2.45) is 5.92 Å². The third-order valence-corrected chi connectivity index (χ3v) is 3.41. The molecule has 0 aliphatic rings. The fraction of sp³-hybridized carbons (Fsp3) is 0.846. The van der Waals surface area contributed by atoms with Crippen molar-refractivity contribution < 1.29 is 50.5 Å². The van der Waals surface area contributed by atoms with Crippen LogP contribution in [0.1, 0.15) is 34.1 Å². The molecule has 0 aliphatic heterocycles. The largest absolute Gasteiger partial charge is 0.453 e. The van der Waals surface area contributed by atoms with Crippen molar-refractivity contribution in [1.82, 2.24) is 0 Å². The van der Waals surface area contributed by atoms with Crippen molar-refractivity contribution in [3.63, 3.8) is 0 Å². The second kappa shape index (κ2) is 7.16. The Hall–Kier alpha value is -1.52. The predicted octanol–water partition coefficient (Wildman–Crippen LogP) is 2.75. The van der Waals surface area contributed by atoms with E-state index in [0.717, 1.165) is 0 Å². The first-order valence-electron chi connectivity index (χ1n) is 6.75. The third-order valence-electron chi connectivity index (χ3n) is 3.41. The smallest absolute Gasteiger partial charge is 0.430 e. The molecule has 1 atom stereocenters. The van der Waals surface area contributed by atoms with Gasteiger partial charge in [0.2, 0.25) is 0 Å². The number of alkyl halides is 6. The Morgan fingerprint density at radius 3 is 1.79 bits per heavy atom. The van der Waals surface area contributed by atoms with Crippen molar-refractivity contribution >= 4 is 11.9 Å². The summed E-state index contributed by atoms with van der Waals surface area (Å²) in [4.78, 5) is 22.7. The summed E-state index contributed by atoms with van der Waals surface area (Å²) in [6.07, 6.45) is -12.0. The molecule has 5 nitrogen and oxygen atoms in total. The summed E-state index contributed by atoms with van der Waals surface area (Å²) >= 11 is 0. The van der Waals surface area contributed by atoms with Crippen LogP contribution in [0.5, 0.6) is 0 Å². The van der Waals surface area contributed by atoms with Crippen LogP contribution in [0.4, 0.5) is 26.3 Å². The molecule has 1 N–H and O–H groups in total. The van der Waals surface area contributed by atoms with Crippen molar-refractivity contribution in [3.05, 3.63) is 0 Å². The van der Waals surface area contributed by atoms with E-state index in [-0.39, 0.29) is 13.8 Å². The van der Waals surface area contributed by atoms with E-state index in [1.807, 2.05) is 0 Å². The molecule has 0 rings (SSSR count). The minimum Gasteiger partial charge on any atom is -0.453 e. The lowest BCUT2D eigenvalue weighted by Crippen LogP contribution is -2.70. The predicted molar refractivity (Wildman–Crippen MR) is 67.6 cm³/mol. The zero-order valence-corrected chi connectivity index (χ0v) is 13.3. The average molecular weight is 368 g/mol. The standard InChI is InChI=1S/C13H18F6O5/c1-5-7(2)9(21)23-6-8(20)24-10(3,4)11(22,12(14,15)16)13(17,18)19/h7,22H,5-6H2,1-4H3. The van der Waals surface area contributed by atoms with Gasteiger partial charge in [0.25, 0.3) is 5.60 Å². The van der Waals surface area contributed by atoms with Crippen molar-refractivity contribution in [2.45, 2.75) is 57.7 Å². The Morgan fingerprint density at radius 2 is 1.46 bits per heavy atom. The Labute approximate surface area is 133 Å². The first-order valence-corrected chi connectivity index (χ1v) is 6.75. The van der Waals surface area contributed by atoms with Gasteiger partial charge in [-0.2, -0.15) is 26.3 Å². The van der Waals surface area contributed by atoms with E-state index in [1.54, 1.807) is 6.92 Å². The maximum absolute atomic E-state index is 12.8. The Bertz CT molecular complexity index is 454. The summed E-state index contributed by atoms with van der Waals surface area (Å²) in [5.41, 5.74) is -8.72. The van der Waals surface area contributed by atoms with Gasteiger partial charge in [-0.3, -0.25) is 4.79 Å². The second-order valence-corrected chi connectivity index (χ2v) is 5.61. The SMILES string of the molecule is CCC(C)C(=O)OCC(=O)OC(C)(C)C(O)(C(F)(F)F)C(F)(F)F. The molecule has 0 heterocycles. The molecule has 0 fully saturated rings. The maximum atomic E-state index is 12.8. The topological polar surface area (TPSA) is 72.8 Å². The molecule has 142 valence electrons. The van der Waals surface area contributed by atoms with E-state index in [0.29, 0.717) is 6.42 Å². The first-order chi connectivity index (χ1) is 10.5. The molecular weight excluding hydrogens is 350 g/mol. The molecule has 24 heavy (non-hydrogen) atoms. The highest BCUT2D eigenvalue weighted by Crippen LogP contribution is 2.50. The van der Waals surface area contributed by atoms with Gasteiger partial charge in [0.1, 0.15) is 0 Å². The highest BCUT2D eigenvalue weighted by atomic mass is 19.4. The summed E-state index contributed by atoms with van der Waals surface area (Å²) < 4.78 is 85.1. The summed E-state index contributed by atoms with van der Waals surface area (Å²) in [6.45, 7) is 2.40. The van der Waals surface area contributed by atoms with Crippen molar-refractivity contribution in [2.75, 3.05) is 6.61 Å². The minimum atomic E-state index is -6.16. The summed E-state index contributed by atoms with van der Waals surface area (Å²) in [5.74, 6) is -3.15. The van der Waals surface area contributed by atoms with E-state index in [4.69, 9.17) is 0 Å². The zero-order valence-electron chi connectivity index (χ0n) is 13.3. The zero-order chi connectivity index (χ0) is 19.6. The molecule has 0 aromatic carbocycles. The molecule has 0 spiro atoms. The molecule has 0 radical (unpaired) electrons. The number of carbonyl (C=O) groups excluding carboxylic acids is 2. The summed E-state index contributed by atoms with van der Waals surface area (Å²) in [6, 6.07) is 0. The Balaban J connectivity index is 5.24. The number of hydrogen-bond acceptors (Lipinski definition) is 5. The van der Waals surface area contributed by atoms with Crippen molar-refractivity contribution in [1.29, 1.82) is 0 Å². The van der Waals surface area contributed by atoms with E-state index in [1.165, 1.54) is 6.92 Å². The third kappa shape index (κ3) is 4.52. The van der Waals surface area contributed by atoms with Crippen LogP contribution in [0.2, 0.25) is 0 Å². The summed E-state index contributed by atoms with van der Waals surface area (Å²) in [7, 11) is 0. The Kier molecular flexibility index (Phi) is 6.70. The number of esters is 2. The van der Waals surface area contributed by atoms with Gasteiger partial charge in [-0.1, -0.05) is 13.8 Å². The lowest BCUT2D eigenvalue weighted by molar-refractivity contribution is -0.407. The number of carbonyl (C=O) groups is 2. The van der Waals surface area contributed by atoms with Gasteiger partial charge in [-0.25, -0.2) is 4.79 Å². The fourth-order valence-electron chi connectivity index (χ4n) is 1.67. The molecule has 0 aromatic rings. The molecule has 0 saturated heterocycles. The monoisotopic (exact) mass is 368 g/mol. The van der Waals surface area contributed by atoms with Crippen LogP contribution < -0.4 is 0 Å². The highest BCUT2D eigenvalue weighted by molar-refractivity contribution is 5.77. The lowest BCUT2D eigenvalue weighted by atomic mass is 9.84. The van der Waals surface area contributed by atoms with Gasteiger partial charge in [0.15, 0.2) is 12.2 Å². The van der Waals surface area contributed by atoms with Crippen LogP contribution in [-0.2, 0) is 19.1 Å². The van der Waals surface area contributed by atoms with Crippen molar-refractivity contribution in [3.8, 4) is 0 Å². The van der Waals surface area contributed by atoms with Gasteiger partial charge in [0.05, 0.1) is 5.92 Å². The van der Waals surface area contributed by atoms with Crippen LogP contribution in [-0.4, -0.2) is 47.2 Å². The Morgan fingerprint density at radius 1 is 1.04 bits per heavy atom. The highest BCUT2D eigenvalue weighted by Gasteiger charge is 2.78. The van der Waals surface area contributed by atoms with Crippen LogP contribution in [0.25, 0.3) is 0 Å². The number of hydrogen-bond donors (Lipinski definition) is 1. The molecule has 1 unspecified atom stereocenters. The van der Waals surface area contributed by atoms with Gasteiger partial charge in [-0.05, 0) is 20.3 Å². The van der Waals surface area contributed by atoms with E-state index >= 15 is 0 Å². The molecule has 0 aliphatic carbocycles. The van der Waals surface area contributed by atoms with E-state index in [2.05, 4.69) is 9.47 Å². The maximum Gasteiger partial charge on any atom is 0.430 e. The number of rotatable bonds is 6. The molecule has 11 heteroatoms. The lowest BCUT2D eigenvalue weighted by Gasteiger charge is -2.43. The van der Waals surface area contributed by atoms with E-state index < -0.39 is 48.0 Å². The van der Waals surface area contributed by atoms with Crippen LogP contribution in [0.15, 0.2) is 0 Å².